The molecule has 1 aromatic heterocycles. The zero-order valence-corrected chi connectivity index (χ0v) is 11.7. The fourth-order valence-corrected chi connectivity index (χ4v) is 2.48. The van der Waals surface area contributed by atoms with Crippen LogP contribution in [0.5, 0.6) is 0 Å². The van der Waals surface area contributed by atoms with Gasteiger partial charge in [0.05, 0.1) is 23.9 Å². The first-order chi connectivity index (χ1) is 10.5. The van der Waals surface area contributed by atoms with Crippen LogP contribution in [0, 0.1) is 16.8 Å². The van der Waals surface area contributed by atoms with Crippen LogP contribution in [0.15, 0.2) is 30.1 Å². The average Bonchev–Trinajstić information content (AvgIpc) is 2.48. The van der Waals surface area contributed by atoms with Gasteiger partial charge in [0.1, 0.15) is 6.20 Å². The molecule has 1 aliphatic heterocycles. The summed E-state index contributed by atoms with van der Waals surface area (Å²) in [6, 6.07) is 1.97. The summed E-state index contributed by atoms with van der Waals surface area (Å²) in [7, 11) is 0. The number of carbonyl (C=O) groups excluding carboxylic acids is 1. The summed E-state index contributed by atoms with van der Waals surface area (Å²) < 4.78 is 31.7. The molecule has 1 atom stereocenters. The number of hydrogen-bond acceptors (Lipinski definition) is 4. The van der Waals surface area contributed by atoms with E-state index in [2.05, 4.69) is 4.98 Å². The van der Waals surface area contributed by atoms with Crippen LogP contribution in [0.25, 0.3) is 10.9 Å². The largest absolute Gasteiger partial charge is 0.624 e. The minimum absolute atomic E-state index is 0.115. The number of nitrogens with one attached hydrogen (secondary N) is 1. The van der Waals surface area contributed by atoms with Gasteiger partial charge in [-0.3, -0.25) is 0 Å². The minimum Gasteiger partial charge on any atom is -0.624 e. The number of pyridine rings is 1. The molecular formula is C15H12F2N2O3. The van der Waals surface area contributed by atoms with Gasteiger partial charge in [-0.25, -0.2) is 18.6 Å². The zero-order valence-electron chi connectivity index (χ0n) is 11.7. The quantitative estimate of drug-likeness (QED) is 0.675. The fraction of sp³-hybridized carbons (Fsp3) is 0.200. The van der Waals surface area contributed by atoms with Crippen LogP contribution >= 0.6 is 0 Å². The summed E-state index contributed by atoms with van der Waals surface area (Å²) in [6.45, 7) is 1.85. The van der Waals surface area contributed by atoms with Gasteiger partial charge in [0, 0.05) is 23.4 Å². The monoisotopic (exact) mass is 306 g/mol. The van der Waals surface area contributed by atoms with Crippen LogP contribution < -0.4 is 5.06 Å². The van der Waals surface area contributed by atoms with Crippen molar-refractivity contribution in [2.24, 2.45) is 0 Å². The molecular weight excluding hydrogens is 294 g/mol. The van der Waals surface area contributed by atoms with Crippen LogP contribution in [-0.2, 0) is 16.0 Å². The van der Waals surface area contributed by atoms with Gasteiger partial charge in [0.25, 0.3) is 0 Å². The van der Waals surface area contributed by atoms with E-state index in [-0.39, 0.29) is 29.8 Å². The number of fused-ring (bicyclic) bond motifs is 3. The Morgan fingerprint density at radius 3 is 2.86 bits per heavy atom. The van der Waals surface area contributed by atoms with E-state index in [1.807, 2.05) is 0 Å². The van der Waals surface area contributed by atoms with Crippen molar-refractivity contribution >= 4 is 22.6 Å². The Morgan fingerprint density at radius 2 is 2.14 bits per heavy atom. The number of hydroxylamine groups is 1. The molecule has 114 valence electrons. The maximum Gasteiger partial charge on any atom is 0.339 e. The Hall–Kier alpha value is -2.38. The Bertz CT molecular complexity index is 805. The van der Waals surface area contributed by atoms with Crippen molar-refractivity contribution in [2.45, 2.75) is 13.3 Å². The van der Waals surface area contributed by atoms with Gasteiger partial charge < -0.3 is 15.0 Å². The van der Waals surface area contributed by atoms with E-state index in [1.165, 1.54) is 12.4 Å². The first kappa shape index (κ1) is 14.6. The second-order valence-corrected chi connectivity index (χ2v) is 4.86. The number of aromatic nitrogens is 1. The van der Waals surface area contributed by atoms with Crippen molar-refractivity contribution in [1.82, 2.24) is 4.98 Å². The van der Waals surface area contributed by atoms with Crippen LogP contribution in [0.2, 0.25) is 0 Å². The van der Waals surface area contributed by atoms with Gasteiger partial charge in [-0.2, -0.15) is 0 Å². The van der Waals surface area contributed by atoms with E-state index >= 15 is 0 Å². The van der Waals surface area contributed by atoms with Crippen LogP contribution in [0.4, 0.5) is 14.5 Å². The zero-order chi connectivity index (χ0) is 15.9. The molecule has 1 aromatic carbocycles. The summed E-state index contributed by atoms with van der Waals surface area (Å²) in [5.74, 6) is -2.63. The van der Waals surface area contributed by atoms with Gasteiger partial charge in [-0.1, -0.05) is 0 Å². The van der Waals surface area contributed by atoms with Crippen molar-refractivity contribution in [2.75, 3.05) is 6.61 Å². The molecule has 2 aromatic rings. The number of quaternary nitrogens is 1. The number of rotatable bonds is 2. The lowest BCUT2D eigenvalue weighted by Gasteiger charge is -2.26. The summed E-state index contributed by atoms with van der Waals surface area (Å²) in [5, 5.41) is 12.0. The highest BCUT2D eigenvalue weighted by atomic mass is 19.2. The Morgan fingerprint density at radius 1 is 1.41 bits per heavy atom. The van der Waals surface area contributed by atoms with Crippen LogP contribution in [0.3, 0.4) is 0 Å². The van der Waals surface area contributed by atoms with E-state index < -0.39 is 22.7 Å². The van der Waals surface area contributed by atoms with Gasteiger partial charge in [0.15, 0.2) is 17.3 Å². The summed E-state index contributed by atoms with van der Waals surface area (Å²) in [4.78, 5) is 15.8. The molecule has 0 fully saturated rings. The molecule has 0 amide bonds. The maximum absolute atomic E-state index is 13.5. The molecule has 1 unspecified atom stereocenters. The predicted octanol–water partition coefficient (Wildman–Crippen LogP) is 1.53. The lowest BCUT2D eigenvalue weighted by Crippen LogP contribution is -2.97. The molecule has 5 nitrogen and oxygen atoms in total. The first-order valence-electron chi connectivity index (χ1n) is 6.70. The fourth-order valence-electron chi connectivity index (χ4n) is 2.48. The first-order valence-corrected chi connectivity index (χ1v) is 6.70. The second-order valence-electron chi connectivity index (χ2n) is 4.86. The van der Waals surface area contributed by atoms with Crippen molar-refractivity contribution < 1.29 is 23.4 Å². The van der Waals surface area contributed by atoms with Crippen molar-refractivity contribution in [3.05, 3.63) is 52.5 Å². The van der Waals surface area contributed by atoms with E-state index in [9.17, 15) is 18.8 Å². The number of halogens is 2. The molecule has 22 heavy (non-hydrogen) atoms. The van der Waals surface area contributed by atoms with Crippen molar-refractivity contribution in [1.29, 1.82) is 0 Å². The summed E-state index contributed by atoms with van der Waals surface area (Å²) in [6.07, 6.45) is 2.63. The number of esters is 1. The van der Waals surface area contributed by atoms with Crippen LogP contribution in [-0.4, -0.2) is 17.6 Å². The Balaban J connectivity index is 2.14. The predicted molar refractivity (Wildman–Crippen MR) is 74.1 cm³/mol. The lowest BCUT2D eigenvalue weighted by molar-refractivity contribution is -0.716. The van der Waals surface area contributed by atoms with E-state index in [1.54, 1.807) is 6.92 Å². The minimum atomic E-state index is -1.03. The number of nitrogens with zero attached hydrogens (tertiary/aromatic N) is 1. The second kappa shape index (κ2) is 5.43. The molecule has 1 aliphatic rings. The SMILES string of the molecule is CCOC(=O)C1=C[NH+]([O-])c2cnc3cc(F)c(F)cc3c2C1. The van der Waals surface area contributed by atoms with Crippen molar-refractivity contribution in [3.8, 4) is 0 Å². The molecule has 0 spiro atoms. The molecule has 7 heteroatoms. The molecule has 1 N–H and O–H groups in total. The topological polar surface area (TPSA) is 66.7 Å². The molecule has 2 heterocycles. The molecule has 0 radical (unpaired) electrons. The normalized spacial score (nSPS) is 17.1. The third-order valence-electron chi connectivity index (χ3n) is 3.50. The summed E-state index contributed by atoms with van der Waals surface area (Å²) >= 11 is 0. The molecule has 3 rings (SSSR count). The maximum atomic E-state index is 13.5. The summed E-state index contributed by atoms with van der Waals surface area (Å²) in [5.41, 5.74) is 1.16. The van der Waals surface area contributed by atoms with Gasteiger partial charge in [-0.15, -0.1) is 0 Å². The van der Waals surface area contributed by atoms with E-state index in [0.29, 0.717) is 10.9 Å². The Kier molecular flexibility index (Phi) is 3.59. The van der Waals surface area contributed by atoms with Crippen LogP contribution in [0.1, 0.15) is 12.5 Å². The molecule has 0 saturated heterocycles. The number of ether oxygens (including phenoxy) is 1. The van der Waals surface area contributed by atoms with E-state index in [0.717, 1.165) is 12.1 Å². The van der Waals surface area contributed by atoms with Gasteiger partial charge in [0.2, 0.25) is 0 Å². The number of carbonyl (C=O) groups is 1. The van der Waals surface area contributed by atoms with Gasteiger partial charge in [-0.05, 0) is 13.0 Å². The third-order valence-corrected chi connectivity index (χ3v) is 3.50. The third kappa shape index (κ3) is 2.34. The van der Waals surface area contributed by atoms with E-state index in [4.69, 9.17) is 4.74 Å². The Labute approximate surface area is 124 Å². The molecule has 0 saturated carbocycles. The highest BCUT2D eigenvalue weighted by molar-refractivity contribution is 5.92. The highest BCUT2D eigenvalue weighted by Gasteiger charge is 2.26. The standard InChI is InChI=1S/C15H12F2N2O3/c1-2-22-15(20)8-3-10-9-4-11(16)12(17)5-13(9)18-6-14(10)19(21)7-8/h4-7,19H,2-3H2,1H3. The van der Waals surface area contributed by atoms with Gasteiger partial charge >= 0.3 is 5.97 Å². The molecule has 0 aliphatic carbocycles. The average molecular weight is 306 g/mol. The molecule has 0 bridgehead atoms. The lowest BCUT2D eigenvalue weighted by atomic mass is 9.97. The van der Waals surface area contributed by atoms with Crippen molar-refractivity contribution in [3.63, 3.8) is 0 Å². The smallest absolute Gasteiger partial charge is 0.339 e. The number of hydrogen-bond donors (Lipinski definition) is 1. The number of benzene rings is 1. The highest BCUT2D eigenvalue weighted by Crippen LogP contribution is 2.28.